The summed E-state index contributed by atoms with van der Waals surface area (Å²) in [6, 6.07) is 2.23. The summed E-state index contributed by atoms with van der Waals surface area (Å²) in [6.45, 7) is 0.319. The summed E-state index contributed by atoms with van der Waals surface area (Å²) in [5.74, 6) is -0.553. The Bertz CT molecular complexity index is 577. The number of hydrogen-bond acceptors (Lipinski definition) is 5. The zero-order valence-electron chi connectivity index (χ0n) is 8.89. The molecule has 0 aliphatic rings. The van der Waals surface area contributed by atoms with Gasteiger partial charge in [-0.3, -0.25) is 10.1 Å². The Morgan fingerprint density at radius 2 is 2.33 bits per heavy atom. The first-order valence-corrected chi connectivity index (χ1v) is 6.51. The minimum absolute atomic E-state index is 0.0639. The number of nitrogens with zero attached hydrogens (tertiary/aromatic N) is 2. The molecular formula is C10H7BrFN3O2S. The summed E-state index contributed by atoms with van der Waals surface area (Å²) in [4.78, 5) is 14.3. The molecule has 1 heterocycles. The van der Waals surface area contributed by atoms with Gasteiger partial charge < -0.3 is 5.32 Å². The molecule has 0 aliphatic carbocycles. The van der Waals surface area contributed by atoms with Crippen molar-refractivity contribution in [2.24, 2.45) is 0 Å². The van der Waals surface area contributed by atoms with Crippen LogP contribution in [0.5, 0.6) is 0 Å². The van der Waals surface area contributed by atoms with E-state index in [0.29, 0.717) is 6.54 Å². The van der Waals surface area contributed by atoms with Gasteiger partial charge in [0.25, 0.3) is 5.69 Å². The summed E-state index contributed by atoms with van der Waals surface area (Å²) in [5, 5.41) is 16.2. The molecule has 0 radical (unpaired) electrons. The highest BCUT2D eigenvalue weighted by Crippen LogP contribution is 2.30. The molecule has 8 heteroatoms. The molecule has 0 unspecified atom stereocenters. The van der Waals surface area contributed by atoms with Gasteiger partial charge in [-0.2, -0.15) is 0 Å². The van der Waals surface area contributed by atoms with Gasteiger partial charge in [-0.05, 0) is 15.9 Å². The maximum absolute atomic E-state index is 13.4. The van der Waals surface area contributed by atoms with Crippen molar-refractivity contribution in [3.63, 3.8) is 0 Å². The lowest BCUT2D eigenvalue weighted by Gasteiger charge is -2.06. The number of aromatic nitrogens is 1. The van der Waals surface area contributed by atoms with Crippen LogP contribution in [0.2, 0.25) is 0 Å². The smallest absolute Gasteiger partial charge is 0.293 e. The molecule has 94 valence electrons. The Labute approximate surface area is 114 Å². The first-order valence-electron chi connectivity index (χ1n) is 4.83. The molecule has 2 rings (SSSR count). The Kier molecular flexibility index (Phi) is 3.87. The highest BCUT2D eigenvalue weighted by molar-refractivity contribution is 9.10. The Morgan fingerprint density at radius 1 is 1.56 bits per heavy atom. The van der Waals surface area contributed by atoms with E-state index in [1.165, 1.54) is 11.3 Å². The second-order valence-electron chi connectivity index (χ2n) is 3.32. The van der Waals surface area contributed by atoms with Crippen molar-refractivity contribution in [3.05, 3.63) is 49.1 Å². The zero-order valence-corrected chi connectivity index (χ0v) is 11.3. The minimum Gasteiger partial charge on any atom is -0.373 e. The van der Waals surface area contributed by atoms with Crippen LogP contribution in [-0.4, -0.2) is 9.91 Å². The molecular weight excluding hydrogens is 325 g/mol. The van der Waals surface area contributed by atoms with E-state index in [1.807, 2.05) is 0 Å². The molecule has 1 aromatic heterocycles. The van der Waals surface area contributed by atoms with E-state index in [0.717, 1.165) is 17.1 Å². The zero-order chi connectivity index (χ0) is 13.1. The molecule has 1 N–H and O–H groups in total. The van der Waals surface area contributed by atoms with Gasteiger partial charge in [0.1, 0.15) is 16.5 Å². The maximum Gasteiger partial charge on any atom is 0.293 e. The maximum atomic E-state index is 13.4. The SMILES string of the molecule is O=[N+]([O-])c1cc(Br)c(F)cc1NCc1nccs1. The average molecular weight is 332 g/mol. The number of halogens is 2. The molecule has 5 nitrogen and oxygen atoms in total. The van der Waals surface area contributed by atoms with Crippen LogP contribution in [0.4, 0.5) is 15.8 Å². The number of nitro groups is 1. The predicted molar refractivity (Wildman–Crippen MR) is 70.2 cm³/mol. The highest BCUT2D eigenvalue weighted by Gasteiger charge is 2.17. The molecule has 2 aromatic rings. The van der Waals surface area contributed by atoms with Crippen molar-refractivity contribution in [1.82, 2.24) is 4.98 Å². The van der Waals surface area contributed by atoms with Crippen molar-refractivity contribution in [2.75, 3.05) is 5.32 Å². The fourth-order valence-corrected chi connectivity index (χ4v) is 2.23. The van der Waals surface area contributed by atoms with E-state index >= 15 is 0 Å². The molecule has 0 bridgehead atoms. The van der Waals surface area contributed by atoms with E-state index in [2.05, 4.69) is 26.2 Å². The predicted octanol–water partition coefficient (Wildman–Crippen LogP) is 3.57. The number of hydrogen-bond donors (Lipinski definition) is 1. The number of anilines is 1. The summed E-state index contributed by atoms with van der Waals surface area (Å²) in [5.41, 5.74) is -0.0456. The van der Waals surface area contributed by atoms with Crippen LogP contribution in [0.25, 0.3) is 0 Å². The van der Waals surface area contributed by atoms with Gasteiger partial charge in [0.15, 0.2) is 0 Å². The summed E-state index contributed by atoms with van der Waals surface area (Å²) >= 11 is 4.34. The van der Waals surface area contributed by atoms with Gasteiger partial charge in [0, 0.05) is 23.7 Å². The van der Waals surface area contributed by atoms with Crippen LogP contribution in [0.1, 0.15) is 5.01 Å². The normalized spacial score (nSPS) is 10.3. The van der Waals surface area contributed by atoms with Gasteiger partial charge in [-0.15, -0.1) is 11.3 Å². The molecule has 0 fully saturated rings. The Balaban J connectivity index is 2.25. The monoisotopic (exact) mass is 331 g/mol. The van der Waals surface area contributed by atoms with Crippen molar-refractivity contribution >= 4 is 38.6 Å². The number of nitrogens with one attached hydrogen (secondary N) is 1. The van der Waals surface area contributed by atoms with Crippen LogP contribution in [-0.2, 0) is 6.54 Å². The molecule has 1 aromatic carbocycles. The van der Waals surface area contributed by atoms with Crippen LogP contribution in [0.15, 0.2) is 28.2 Å². The fraction of sp³-hybridized carbons (Fsp3) is 0.100. The van der Waals surface area contributed by atoms with E-state index in [1.54, 1.807) is 11.6 Å². The number of benzene rings is 1. The molecule has 0 saturated heterocycles. The van der Waals surface area contributed by atoms with E-state index in [4.69, 9.17) is 0 Å². The third-order valence-electron chi connectivity index (χ3n) is 2.15. The quantitative estimate of drug-likeness (QED) is 0.687. The topological polar surface area (TPSA) is 68.1 Å². The van der Waals surface area contributed by atoms with Crippen LogP contribution < -0.4 is 5.32 Å². The van der Waals surface area contributed by atoms with Crippen LogP contribution >= 0.6 is 27.3 Å². The second kappa shape index (κ2) is 5.40. The largest absolute Gasteiger partial charge is 0.373 e. The first-order chi connectivity index (χ1) is 8.58. The second-order valence-corrected chi connectivity index (χ2v) is 5.15. The van der Waals surface area contributed by atoms with Gasteiger partial charge in [0.05, 0.1) is 15.9 Å². The number of rotatable bonds is 4. The standard InChI is InChI=1S/C10H7BrFN3O2S/c11-6-3-9(15(16)17)8(4-7(6)12)14-5-10-13-1-2-18-10/h1-4,14H,5H2. The summed E-state index contributed by atoms with van der Waals surface area (Å²) in [6.07, 6.45) is 1.64. The van der Waals surface area contributed by atoms with Gasteiger partial charge in [0.2, 0.25) is 0 Å². The van der Waals surface area contributed by atoms with Crippen molar-refractivity contribution in [1.29, 1.82) is 0 Å². The lowest BCUT2D eigenvalue weighted by molar-refractivity contribution is -0.384. The van der Waals surface area contributed by atoms with Crippen LogP contribution in [0, 0.1) is 15.9 Å². The lowest BCUT2D eigenvalue weighted by atomic mass is 10.2. The highest BCUT2D eigenvalue weighted by atomic mass is 79.9. The first kappa shape index (κ1) is 12.9. The average Bonchev–Trinajstić information content (AvgIpc) is 2.83. The lowest BCUT2D eigenvalue weighted by Crippen LogP contribution is -2.03. The Morgan fingerprint density at radius 3 is 2.94 bits per heavy atom. The fourth-order valence-electron chi connectivity index (χ4n) is 1.34. The van der Waals surface area contributed by atoms with Crippen molar-refractivity contribution in [2.45, 2.75) is 6.54 Å². The Hall–Kier alpha value is -1.54. The molecule has 0 atom stereocenters. The van der Waals surface area contributed by atoms with Crippen LogP contribution in [0.3, 0.4) is 0 Å². The van der Waals surface area contributed by atoms with Gasteiger partial charge >= 0.3 is 0 Å². The van der Waals surface area contributed by atoms with Gasteiger partial charge in [-0.1, -0.05) is 0 Å². The molecule has 0 spiro atoms. The number of nitro benzene ring substituents is 1. The molecule has 0 saturated carbocycles. The summed E-state index contributed by atoms with van der Waals surface area (Å²) in [7, 11) is 0. The number of thiazole rings is 1. The minimum atomic E-state index is -0.561. The summed E-state index contributed by atoms with van der Waals surface area (Å²) < 4.78 is 13.4. The van der Waals surface area contributed by atoms with E-state index < -0.39 is 10.7 Å². The third kappa shape index (κ3) is 2.82. The third-order valence-corrected chi connectivity index (χ3v) is 3.54. The van der Waals surface area contributed by atoms with Crippen molar-refractivity contribution in [3.8, 4) is 0 Å². The molecule has 18 heavy (non-hydrogen) atoms. The molecule has 0 aliphatic heterocycles. The molecule has 0 amide bonds. The van der Waals surface area contributed by atoms with Gasteiger partial charge in [-0.25, -0.2) is 9.37 Å². The van der Waals surface area contributed by atoms with E-state index in [-0.39, 0.29) is 15.8 Å². The van der Waals surface area contributed by atoms with E-state index in [9.17, 15) is 14.5 Å². The van der Waals surface area contributed by atoms with Crippen molar-refractivity contribution < 1.29 is 9.31 Å².